The molecule has 0 bridgehead atoms. The lowest BCUT2D eigenvalue weighted by Gasteiger charge is -2.20. The maximum absolute atomic E-state index is 13.9. The molecule has 0 unspecified atom stereocenters. The molecule has 0 saturated heterocycles. The van der Waals surface area contributed by atoms with Crippen LogP contribution in [0.1, 0.15) is 25.3 Å². The summed E-state index contributed by atoms with van der Waals surface area (Å²) in [6.45, 7) is 1.07. The second-order valence-corrected chi connectivity index (χ2v) is 6.73. The van der Waals surface area contributed by atoms with Crippen molar-refractivity contribution in [1.82, 2.24) is 4.72 Å². The molecule has 0 fully saturated rings. The zero-order valence-corrected chi connectivity index (χ0v) is 13.3. The molecule has 1 aromatic rings. The van der Waals surface area contributed by atoms with E-state index >= 15 is 0 Å². The first-order chi connectivity index (χ1) is 9.91. The zero-order valence-electron chi connectivity index (χ0n) is 10.9. The van der Waals surface area contributed by atoms with Gasteiger partial charge in [0.25, 0.3) is 6.43 Å². The molecule has 0 amide bonds. The molecule has 0 aliphatic rings. The molecular weight excluding hydrogens is 404 g/mol. The standard InChI is InChI=1S/C11H10BrF6NO2S/c1-2-7(11(16,17)18)19-22(20,21)6-4-3-5(12)8(9(6)13)10(14)15/h3-4,7,10,19H,2H2,1H3/t7-/m1/s1. The second-order valence-electron chi connectivity index (χ2n) is 4.20. The van der Waals surface area contributed by atoms with Gasteiger partial charge in [0.05, 0.1) is 5.56 Å². The average molecular weight is 414 g/mol. The zero-order chi connectivity index (χ0) is 17.3. The van der Waals surface area contributed by atoms with E-state index in [-0.39, 0.29) is 4.47 Å². The molecular formula is C11H10BrF6NO2S. The molecule has 1 N–H and O–H groups in total. The maximum atomic E-state index is 13.9. The van der Waals surface area contributed by atoms with E-state index in [4.69, 9.17) is 0 Å². The monoisotopic (exact) mass is 413 g/mol. The minimum Gasteiger partial charge on any atom is -0.207 e. The normalized spacial score (nSPS) is 14.4. The third-order valence-electron chi connectivity index (χ3n) is 2.70. The van der Waals surface area contributed by atoms with Gasteiger partial charge in [0, 0.05) is 4.47 Å². The average Bonchev–Trinajstić information content (AvgIpc) is 2.33. The Bertz CT molecular complexity index is 647. The van der Waals surface area contributed by atoms with Crippen molar-refractivity contribution in [2.75, 3.05) is 0 Å². The lowest BCUT2D eigenvalue weighted by molar-refractivity contribution is -0.151. The molecule has 0 saturated carbocycles. The summed E-state index contributed by atoms with van der Waals surface area (Å²) in [4.78, 5) is -1.27. The number of sulfonamides is 1. The van der Waals surface area contributed by atoms with Crippen LogP contribution in [0.3, 0.4) is 0 Å². The van der Waals surface area contributed by atoms with Crippen molar-refractivity contribution in [2.45, 2.75) is 36.9 Å². The van der Waals surface area contributed by atoms with Gasteiger partial charge >= 0.3 is 6.18 Å². The molecule has 126 valence electrons. The summed E-state index contributed by atoms with van der Waals surface area (Å²) in [5.41, 5.74) is -1.23. The Morgan fingerprint density at radius 1 is 1.27 bits per heavy atom. The Hall–Kier alpha value is -0.810. The number of nitrogens with one attached hydrogen (secondary N) is 1. The van der Waals surface area contributed by atoms with Crippen molar-refractivity contribution in [3.63, 3.8) is 0 Å². The number of rotatable bonds is 5. The highest BCUT2D eigenvalue weighted by Gasteiger charge is 2.41. The minimum atomic E-state index is -4.96. The van der Waals surface area contributed by atoms with Gasteiger partial charge in [-0.2, -0.15) is 17.9 Å². The fourth-order valence-corrected chi connectivity index (χ4v) is 3.46. The molecule has 1 rings (SSSR count). The third-order valence-corrected chi connectivity index (χ3v) is 4.88. The summed E-state index contributed by atoms with van der Waals surface area (Å²) < 4.78 is 102. The smallest absolute Gasteiger partial charge is 0.207 e. The molecule has 1 atom stereocenters. The first-order valence-corrected chi connectivity index (χ1v) is 8.04. The Morgan fingerprint density at radius 3 is 2.23 bits per heavy atom. The molecule has 0 radical (unpaired) electrons. The molecule has 22 heavy (non-hydrogen) atoms. The predicted octanol–water partition coefficient (Wildman–Crippen LogP) is 4.15. The van der Waals surface area contributed by atoms with Gasteiger partial charge in [0.1, 0.15) is 10.9 Å². The van der Waals surface area contributed by atoms with Crippen molar-refractivity contribution < 1.29 is 34.8 Å². The van der Waals surface area contributed by atoms with Crippen LogP contribution in [0.25, 0.3) is 0 Å². The Morgan fingerprint density at radius 2 is 1.82 bits per heavy atom. The summed E-state index contributed by atoms with van der Waals surface area (Å²) in [6.07, 6.45) is -8.86. The Labute approximate surface area is 130 Å². The first-order valence-electron chi connectivity index (χ1n) is 5.76. The number of benzene rings is 1. The molecule has 11 heteroatoms. The van der Waals surface area contributed by atoms with Gasteiger partial charge in [0.15, 0.2) is 5.82 Å². The van der Waals surface area contributed by atoms with Crippen LogP contribution in [0.2, 0.25) is 0 Å². The largest absolute Gasteiger partial charge is 0.404 e. The highest BCUT2D eigenvalue weighted by atomic mass is 79.9. The van der Waals surface area contributed by atoms with Crippen LogP contribution in [0.5, 0.6) is 0 Å². The summed E-state index contributed by atoms with van der Waals surface area (Å²) in [7, 11) is -4.96. The summed E-state index contributed by atoms with van der Waals surface area (Å²) >= 11 is 2.63. The van der Waals surface area contributed by atoms with Crippen LogP contribution >= 0.6 is 15.9 Å². The van der Waals surface area contributed by atoms with Crippen molar-refractivity contribution in [3.05, 3.63) is 28.0 Å². The quantitative estimate of drug-likeness (QED) is 0.737. The number of halogens is 7. The van der Waals surface area contributed by atoms with E-state index < -0.39 is 51.4 Å². The summed E-state index contributed by atoms with van der Waals surface area (Å²) in [5.74, 6) is -1.80. The fraction of sp³-hybridized carbons (Fsp3) is 0.455. The molecule has 3 nitrogen and oxygen atoms in total. The number of hydrogen-bond donors (Lipinski definition) is 1. The SMILES string of the molecule is CC[C@@H](NS(=O)(=O)c1ccc(Br)c(C(F)F)c1F)C(F)(F)F. The van der Waals surface area contributed by atoms with Gasteiger partial charge in [0.2, 0.25) is 10.0 Å². The van der Waals surface area contributed by atoms with Crippen LogP contribution < -0.4 is 4.72 Å². The van der Waals surface area contributed by atoms with Crippen molar-refractivity contribution in [2.24, 2.45) is 0 Å². The highest BCUT2D eigenvalue weighted by Crippen LogP contribution is 2.33. The molecule has 1 aromatic carbocycles. The molecule has 0 aromatic heterocycles. The van der Waals surface area contributed by atoms with E-state index in [9.17, 15) is 34.8 Å². The number of alkyl halides is 5. The first kappa shape index (κ1) is 19.2. The summed E-state index contributed by atoms with van der Waals surface area (Å²) in [6, 6.07) is -1.01. The van der Waals surface area contributed by atoms with Gasteiger partial charge in [-0.25, -0.2) is 21.6 Å². The molecule has 0 heterocycles. The van der Waals surface area contributed by atoms with Gasteiger partial charge in [-0.05, 0) is 18.6 Å². The number of hydrogen-bond acceptors (Lipinski definition) is 2. The van der Waals surface area contributed by atoms with Crippen LogP contribution in [0, 0.1) is 5.82 Å². The molecule has 0 aliphatic heterocycles. The van der Waals surface area contributed by atoms with Crippen LogP contribution in [0.15, 0.2) is 21.5 Å². The van der Waals surface area contributed by atoms with Crippen LogP contribution in [-0.4, -0.2) is 20.6 Å². The highest BCUT2D eigenvalue weighted by molar-refractivity contribution is 9.10. The van der Waals surface area contributed by atoms with E-state index in [1.165, 1.54) is 4.72 Å². The third kappa shape index (κ3) is 4.13. The minimum absolute atomic E-state index is 0.387. The van der Waals surface area contributed by atoms with Gasteiger partial charge in [-0.1, -0.05) is 22.9 Å². The topological polar surface area (TPSA) is 46.2 Å². The van der Waals surface area contributed by atoms with Crippen molar-refractivity contribution >= 4 is 26.0 Å². The van der Waals surface area contributed by atoms with Gasteiger partial charge in [-0.3, -0.25) is 0 Å². The van der Waals surface area contributed by atoms with Crippen molar-refractivity contribution in [3.8, 4) is 0 Å². The van der Waals surface area contributed by atoms with E-state index in [2.05, 4.69) is 15.9 Å². The van der Waals surface area contributed by atoms with E-state index in [1.807, 2.05) is 0 Å². The van der Waals surface area contributed by atoms with Gasteiger partial charge < -0.3 is 0 Å². The Balaban J connectivity index is 3.33. The summed E-state index contributed by atoms with van der Waals surface area (Å²) in [5, 5.41) is 0. The van der Waals surface area contributed by atoms with E-state index in [1.54, 1.807) is 0 Å². The van der Waals surface area contributed by atoms with Crippen molar-refractivity contribution in [1.29, 1.82) is 0 Å². The predicted molar refractivity (Wildman–Crippen MR) is 69.5 cm³/mol. The van der Waals surface area contributed by atoms with E-state index in [0.29, 0.717) is 6.07 Å². The second kappa shape index (κ2) is 6.75. The van der Waals surface area contributed by atoms with Crippen LogP contribution in [-0.2, 0) is 10.0 Å². The Kier molecular flexibility index (Phi) is 5.90. The lowest BCUT2D eigenvalue weighted by atomic mass is 10.2. The van der Waals surface area contributed by atoms with E-state index in [0.717, 1.165) is 13.0 Å². The maximum Gasteiger partial charge on any atom is 0.404 e. The van der Waals surface area contributed by atoms with Gasteiger partial charge in [-0.15, -0.1) is 0 Å². The molecule has 0 spiro atoms. The fourth-order valence-electron chi connectivity index (χ4n) is 1.59. The molecule has 0 aliphatic carbocycles. The lowest BCUT2D eigenvalue weighted by Crippen LogP contribution is -2.45. The van der Waals surface area contributed by atoms with Crippen LogP contribution in [0.4, 0.5) is 26.3 Å².